The van der Waals surface area contributed by atoms with E-state index < -0.39 is 10.0 Å². The lowest BCUT2D eigenvalue weighted by Crippen LogP contribution is -2.25. The molecule has 32 heavy (non-hydrogen) atoms. The smallest absolute Gasteiger partial charge is 0.240 e. The van der Waals surface area contributed by atoms with Crippen LogP contribution in [0.1, 0.15) is 51.2 Å². The molecule has 2 aromatic carbocycles. The van der Waals surface area contributed by atoms with Crippen LogP contribution in [0.25, 0.3) is 0 Å². The number of aromatic nitrogens is 1. The Kier molecular flexibility index (Phi) is 8.17. The third-order valence-electron chi connectivity index (χ3n) is 5.17. The average molecular weight is 472 g/mol. The molecule has 170 valence electrons. The molecule has 0 spiro atoms. The maximum atomic E-state index is 12.6. The van der Waals surface area contributed by atoms with Crippen LogP contribution in [0.5, 0.6) is 0 Å². The topological polar surface area (TPSA) is 88.2 Å². The molecule has 3 aromatic rings. The first-order chi connectivity index (χ1) is 15.3. The van der Waals surface area contributed by atoms with Gasteiger partial charge in [0.1, 0.15) is 0 Å². The maximum Gasteiger partial charge on any atom is 0.240 e. The van der Waals surface area contributed by atoms with Crippen molar-refractivity contribution < 1.29 is 13.2 Å². The van der Waals surface area contributed by atoms with E-state index in [0.717, 1.165) is 47.6 Å². The Bertz CT molecular complexity index is 1190. The molecule has 0 saturated carbocycles. The molecule has 6 nitrogen and oxygen atoms in total. The first kappa shape index (κ1) is 24.1. The summed E-state index contributed by atoms with van der Waals surface area (Å²) in [4.78, 5) is 17.9. The number of aryl methyl sites for hydroxylation is 3. The number of anilines is 1. The highest BCUT2D eigenvalue weighted by Crippen LogP contribution is 2.23. The van der Waals surface area contributed by atoms with Gasteiger partial charge in [-0.1, -0.05) is 54.2 Å². The lowest BCUT2D eigenvalue weighted by molar-refractivity contribution is 0.104. The molecule has 0 atom stereocenters. The van der Waals surface area contributed by atoms with Gasteiger partial charge in [-0.25, -0.2) is 18.1 Å². The molecule has 1 heterocycles. The standard InChI is InChI=1S/C24H29N3O3S2/c1-17-11-12-19(3)22(15-17)32(29,30)27-14-8-4-7-13-25-24-26-16-21(31-24)23(28)20-10-6-5-9-18(20)2/h5-6,9-12,15-16,27H,4,7-8,13-14H2,1-3H3,(H,25,26). The molecule has 0 aliphatic heterocycles. The van der Waals surface area contributed by atoms with Crippen LogP contribution in [0, 0.1) is 20.8 Å². The minimum absolute atomic E-state index is 0.00946. The molecule has 0 bridgehead atoms. The zero-order chi connectivity index (χ0) is 23.1. The predicted octanol–water partition coefficient (Wildman–Crippen LogP) is 4.86. The van der Waals surface area contributed by atoms with Gasteiger partial charge in [-0.05, 0) is 56.4 Å². The van der Waals surface area contributed by atoms with Crippen LogP contribution in [-0.2, 0) is 10.0 Å². The van der Waals surface area contributed by atoms with Crippen molar-refractivity contribution in [3.05, 3.63) is 75.8 Å². The average Bonchev–Trinajstić information content (AvgIpc) is 3.23. The Balaban J connectivity index is 1.39. The van der Waals surface area contributed by atoms with Crippen LogP contribution in [-0.4, -0.2) is 32.3 Å². The van der Waals surface area contributed by atoms with E-state index in [4.69, 9.17) is 0 Å². The van der Waals surface area contributed by atoms with Gasteiger partial charge in [0.2, 0.25) is 15.8 Å². The van der Waals surface area contributed by atoms with Gasteiger partial charge >= 0.3 is 0 Å². The Morgan fingerprint density at radius 2 is 1.72 bits per heavy atom. The molecule has 0 amide bonds. The van der Waals surface area contributed by atoms with E-state index in [1.807, 2.05) is 50.2 Å². The zero-order valence-corrected chi connectivity index (χ0v) is 20.3. The van der Waals surface area contributed by atoms with E-state index in [0.29, 0.717) is 21.9 Å². The number of rotatable bonds is 11. The van der Waals surface area contributed by atoms with Crippen molar-refractivity contribution in [2.75, 3.05) is 18.4 Å². The first-order valence-corrected chi connectivity index (χ1v) is 12.9. The zero-order valence-electron chi connectivity index (χ0n) is 18.6. The van der Waals surface area contributed by atoms with E-state index >= 15 is 0 Å². The fourth-order valence-electron chi connectivity index (χ4n) is 3.32. The second-order valence-electron chi connectivity index (χ2n) is 7.83. The summed E-state index contributed by atoms with van der Waals surface area (Å²) in [6.45, 7) is 6.74. The minimum Gasteiger partial charge on any atom is -0.362 e. The second kappa shape index (κ2) is 10.8. The summed E-state index contributed by atoms with van der Waals surface area (Å²) >= 11 is 1.35. The normalized spacial score (nSPS) is 11.5. The summed E-state index contributed by atoms with van der Waals surface area (Å²) in [7, 11) is -3.49. The fourth-order valence-corrected chi connectivity index (χ4v) is 5.52. The fraction of sp³-hybridized carbons (Fsp3) is 0.333. The van der Waals surface area contributed by atoms with Gasteiger partial charge in [-0.15, -0.1) is 0 Å². The number of hydrogen-bond donors (Lipinski definition) is 2. The maximum absolute atomic E-state index is 12.6. The Labute approximate surface area is 194 Å². The van der Waals surface area contributed by atoms with E-state index in [9.17, 15) is 13.2 Å². The molecule has 0 radical (unpaired) electrons. The molecule has 1 aromatic heterocycles. The summed E-state index contributed by atoms with van der Waals surface area (Å²) in [5.41, 5.74) is 3.32. The SMILES string of the molecule is Cc1ccc(C)c(S(=O)(=O)NCCCCCNc2ncc(C(=O)c3ccccc3C)s2)c1. The van der Waals surface area contributed by atoms with E-state index in [-0.39, 0.29) is 5.78 Å². The van der Waals surface area contributed by atoms with Gasteiger partial charge in [-0.2, -0.15) is 0 Å². The number of carbonyl (C=O) groups is 1. The molecule has 8 heteroatoms. The molecular weight excluding hydrogens is 442 g/mol. The van der Waals surface area contributed by atoms with Gasteiger partial charge in [-0.3, -0.25) is 4.79 Å². The molecule has 0 aliphatic rings. The minimum atomic E-state index is -3.49. The molecular formula is C24H29N3O3S2. The summed E-state index contributed by atoms with van der Waals surface area (Å²) in [5.74, 6) is -0.00946. The largest absolute Gasteiger partial charge is 0.362 e. The number of benzene rings is 2. The Morgan fingerprint density at radius 1 is 0.969 bits per heavy atom. The Morgan fingerprint density at radius 3 is 2.50 bits per heavy atom. The van der Waals surface area contributed by atoms with Crippen molar-refractivity contribution in [1.29, 1.82) is 0 Å². The molecule has 0 saturated heterocycles. The van der Waals surface area contributed by atoms with E-state index in [1.54, 1.807) is 19.2 Å². The highest BCUT2D eigenvalue weighted by molar-refractivity contribution is 7.89. The molecule has 0 fully saturated rings. The van der Waals surface area contributed by atoms with Gasteiger partial charge in [0.15, 0.2) is 5.13 Å². The molecule has 0 unspecified atom stereocenters. The van der Waals surface area contributed by atoms with Gasteiger partial charge in [0.05, 0.1) is 16.0 Å². The number of unbranched alkanes of at least 4 members (excludes halogenated alkanes) is 2. The molecule has 3 rings (SSSR count). The number of nitrogens with zero attached hydrogens (tertiary/aromatic N) is 1. The van der Waals surface area contributed by atoms with Crippen molar-refractivity contribution in [2.45, 2.75) is 44.9 Å². The van der Waals surface area contributed by atoms with Crippen molar-refractivity contribution in [3.8, 4) is 0 Å². The number of thiazole rings is 1. The van der Waals surface area contributed by atoms with Gasteiger partial charge in [0, 0.05) is 18.7 Å². The summed E-state index contributed by atoms with van der Waals surface area (Å²) < 4.78 is 27.7. The van der Waals surface area contributed by atoms with Crippen LogP contribution in [0.4, 0.5) is 5.13 Å². The highest BCUT2D eigenvalue weighted by Gasteiger charge is 2.16. The summed E-state index contributed by atoms with van der Waals surface area (Å²) in [6.07, 6.45) is 4.12. The summed E-state index contributed by atoms with van der Waals surface area (Å²) in [5, 5.41) is 3.97. The number of hydrogen-bond acceptors (Lipinski definition) is 6. The highest BCUT2D eigenvalue weighted by atomic mass is 32.2. The van der Waals surface area contributed by atoms with Crippen LogP contribution in [0.15, 0.2) is 53.6 Å². The van der Waals surface area contributed by atoms with Crippen LogP contribution < -0.4 is 10.0 Å². The third-order valence-corrected chi connectivity index (χ3v) is 7.73. The van der Waals surface area contributed by atoms with Crippen LogP contribution in [0.2, 0.25) is 0 Å². The number of nitrogens with one attached hydrogen (secondary N) is 2. The number of carbonyl (C=O) groups excluding carboxylic acids is 1. The van der Waals surface area contributed by atoms with Crippen molar-refractivity contribution in [2.24, 2.45) is 0 Å². The lowest BCUT2D eigenvalue weighted by atomic mass is 10.0. The van der Waals surface area contributed by atoms with Crippen molar-refractivity contribution in [1.82, 2.24) is 9.71 Å². The van der Waals surface area contributed by atoms with E-state index in [2.05, 4.69) is 15.0 Å². The van der Waals surface area contributed by atoms with Crippen molar-refractivity contribution in [3.63, 3.8) is 0 Å². The predicted molar refractivity (Wildman–Crippen MR) is 130 cm³/mol. The number of ketones is 1. The van der Waals surface area contributed by atoms with Crippen molar-refractivity contribution >= 4 is 32.3 Å². The van der Waals surface area contributed by atoms with Crippen LogP contribution >= 0.6 is 11.3 Å². The van der Waals surface area contributed by atoms with Crippen LogP contribution in [0.3, 0.4) is 0 Å². The van der Waals surface area contributed by atoms with Gasteiger partial charge < -0.3 is 5.32 Å². The second-order valence-corrected chi connectivity index (χ2v) is 10.6. The number of sulfonamides is 1. The monoisotopic (exact) mass is 471 g/mol. The van der Waals surface area contributed by atoms with E-state index in [1.165, 1.54) is 11.3 Å². The summed E-state index contributed by atoms with van der Waals surface area (Å²) in [6, 6.07) is 13.0. The molecule has 0 aliphatic carbocycles. The van der Waals surface area contributed by atoms with Gasteiger partial charge in [0.25, 0.3) is 0 Å². The molecule has 2 N–H and O–H groups in total. The first-order valence-electron chi connectivity index (χ1n) is 10.6. The third kappa shape index (κ3) is 6.25. The quantitative estimate of drug-likeness (QED) is 0.308. The lowest BCUT2D eigenvalue weighted by Gasteiger charge is -2.10. The Hall–Kier alpha value is -2.55.